The van der Waals surface area contributed by atoms with Gasteiger partial charge in [0, 0.05) is 44.2 Å². The molecule has 2 fully saturated rings. The molecule has 2 saturated heterocycles. The largest absolute Gasteiger partial charge is 0.378 e. The van der Waals surface area contributed by atoms with Gasteiger partial charge in [0.25, 0.3) is 0 Å². The van der Waals surface area contributed by atoms with Crippen LogP contribution in [0.4, 0.5) is 0 Å². The van der Waals surface area contributed by atoms with Gasteiger partial charge in [-0.2, -0.15) is 4.72 Å². The lowest BCUT2D eigenvalue weighted by atomic mass is 9.87. The third kappa shape index (κ3) is 9.26. The molecule has 246 valence electrons. The highest BCUT2D eigenvalue weighted by Crippen LogP contribution is 2.29. The summed E-state index contributed by atoms with van der Waals surface area (Å²) in [7, 11) is -4.02. The third-order valence-corrected chi connectivity index (χ3v) is 10.3. The van der Waals surface area contributed by atoms with E-state index in [2.05, 4.69) is 10.0 Å². The molecule has 13 heteroatoms. The fourth-order valence-corrected chi connectivity index (χ4v) is 7.83. The molecule has 2 aromatic rings. The summed E-state index contributed by atoms with van der Waals surface area (Å²) in [6, 6.07) is 13.2. The van der Waals surface area contributed by atoms with Gasteiger partial charge in [-0.3, -0.25) is 14.4 Å². The maximum Gasteiger partial charge on any atom is 0.244 e. The highest BCUT2D eigenvalue weighted by Gasteiger charge is 2.46. The van der Waals surface area contributed by atoms with E-state index in [0.717, 1.165) is 17.5 Å². The average molecular weight is 662 g/mol. The van der Waals surface area contributed by atoms with Gasteiger partial charge in [-0.25, -0.2) is 8.42 Å². The minimum absolute atomic E-state index is 0.0330. The van der Waals surface area contributed by atoms with Crippen LogP contribution in [-0.4, -0.2) is 80.4 Å². The van der Waals surface area contributed by atoms with Gasteiger partial charge in [0.2, 0.25) is 27.7 Å². The zero-order valence-corrected chi connectivity index (χ0v) is 27.4. The van der Waals surface area contributed by atoms with Crippen LogP contribution in [0.3, 0.4) is 0 Å². The summed E-state index contributed by atoms with van der Waals surface area (Å²) in [5, 5.41) is 3.46. The number of piperidine rings is 1. The van der Waals surface area contributed by atoms with Gasteiger partial charge >= 0.3 is 0 Å². The Labute approximate surface area is 270 Å². The van der Waals surface area contributed by atoms with Gasteiger partial charge < -0.3 is 25.6 Å². The molecule has 3 amide bonds. The van der Waals surface area contributed by atoms with Gasteiger partial charge in [-0.05, 0) is 60.9 Å². The fraction of sp³-hybridized carbons (Fsp3) is 0.531. The molecular weight excluding hydrogens is 618 g/mol. The van der Waals surface area contributed by atoms with Crippen LogP contribution in [-0.2, 0) is 48.0 Å². The Morgan fingerprint density at radius 3 is 2.47 bits per heavy atom. The lowest BCUT2D eigenvalue weighted by molar-refractivity contribution is -0.148. The highest BCUT2D eigenvalue weighted by atomic mass is 35.5. The number of carbonyl (C=O) groups is 3. The van der Waals surface area contributed by atoms with Crippen molar-refractivity contribution in [3.05, 3.63) is 70.2 Å². The van der Waals surface area contributed by atoms with Crippen molar-refractivity contribution in [1.82, 2.24) is 19.8 Å². The average Bonchev–Trinajstić information content (AvgIpc) is 3.05. The summed E-state index contributed by atoms with van der Waals surface area (Å²) in [4.78, 5) is 44.5. The number of rotatable bonds is 13. The molecule has 11 nitrogen and oxygen atoms in total. The fourth-order valence-electron chi connectivity index (χ4n) is 6.00. The zero-order valence-electron chi connectivity index (χ0n) is 25.8. The van der Waals surface area contributed by atoms with Crippen LogP contribution in [0.25, 0.3) is 0 Å². The van der Waals surface area contributed by atoms with Gasteiger partial charge in [0.15, 0.2) is 0 Å². The summed E-state index contributed by atoms with van der Waals surface area (Å²) >= 11 is 6.18. The van der Waals surface area contributed by atoms with E-state index in [1.165, 1.54) is 4.90 Å². The zero-order chi connectivity index (χ0) is 32.5. The van der Waals surface area contributed by atoms with Crippen LogP contribution in [0.15, 0.2) is 48.5 Å². The van der Waals surface area contributed by atoms with Crippen LogP contribution >= 0.6 is 11.6 Å². The summed E-state index contributed by atoms with van der Waals surface area (Å²) < 4.78 is 35.2. The third-order valence-electron chi connectivity index (χ3n) is 8.60. The number of carbonyl (C=O) groups excluding carboxylic acids is 3. The summed E-state index contributed by atoms with van der Waals surface area (Å²) in [5.74, 6) is -1.33. The van der Waals surface area contributed by atoms with Crippen LogP contribution in [0.5, 0.6) is 0 Å². The van der Waals surface area contributed by atoms with E-state index < -0.39 is 27.5 Å². The van der Waals surface area contributed by atoms with E-state index in [0.29, 0.717) is 56.3 Å². The number of nitrogens with two attached hydrogens (primary N) is 1. The monoisotopic (exact) mass is 661 g/mol. The number of likely N-dealkylation sites (tertiary alicyclic amines) is 1. The van der Waals surface area contributed by atoms with Gasteiger partial charge in [0.05, 0.1) is 19.0 Å². The van der Waals surface area contributed by atoms with Gasteiger partial charge in [-0.15, -0.1) is 0 Å². The van der Waals surface area contributed by atoms with E-state index in [4.69, 9.17) is 22.1 Å². The SMILES string of the molecule is CCC(CCC(=O)N1CCOCC1)(NS(=O)(=O)Cc1ccccc1)C(=O)N1CCCCC1C(=O)NCc1cc(Cl)ccc1CN. The van der Waals surface area contributed by atoms with Crippen molar-refractivity contribution >= 4 is 39.3 Å². The Balaban J connectivity index is 1.58. The summed E-state index contributed by atoms with van der Waals surface area (Å²) in [5.41, 5.74) is 6.45. The lowest BCUT2D eigenvalue weighted by Gasteiger charge is -2.42. The minimum Gasteiger partial charge on any atom is -0.378 e. The molecule has 45 heavy (non-hydrogen) atoms. The highest BCUT2D eigenvalue weighted by molar-refractivity contribution is 7.88. The maximum atomic E-state index is 14.5. The van der Waals surface area contributed by atoms with E-state index in [-0.39, 0.29) is 49.9 Å². The van der Waals surface area contributed by atoms with Crippen molar-refractivity contribution < 1.29 is 27.5 Å². The topological polar surface area (TPSA) is 151 Å². The van der Waals surface area contributed by atoms with E-state index in [1.54, 1.807) is 54.3 Å². The van der Waals surface area contributed by atoms with Crippen molar-refractivity contribution in [3.63, 3.8) is 0 Å². The summed E-state index contributed by atoms with van der Waals surface area (Å²) in [6.45, 7) is 4.23. The van der Waals surface area contributed by atoms with Crippen molar-refractivity contribution in [2.45, 2.75) is 75.9 Å². The molecule has 2 atom stereocenters. The van der Waals surface area contributed by atoms with Gasteiger partial charge in [-0.1, -0.05) is 54.9 Å². The molecule has 4 N–H and O–H groups in total. The molecule has 4 rings (SSSR count). The van der Waals surface area contributed by atoms with Gasteiger partial charge in [0.1, 0.15) is 11.6 Å². The first-order chi connectivity index (χ1) is 21.6. The molecule has 0 spiro atoms. The number of sulfonamides is 1. The minimum atomic E-state index is -4.02. The number of hydrogen-bond acceptors (Lipinski definition) is 7. The van der Waals surface area contributed by atoms with Crippen molar-refractivity contribution in [3.8, 4) is 0 Å². The van der Waals surface area contributed by atoms with Crippen molar-refractivity contribution in [2.24, 2.45) is 5.73 Å². The Bertz CT molecular complexity index is 1440. The molecule has 2 unspecified atom stereocenters. The van der Waals surface area contributed by atoms with Crippen molar-refractivity contribution in [1.29, 1.82) is 0 Å². The van der Waals surface area contributed by atoms with Crippen LogP contribution in [0.2, 0.25) is 5.02 Å². The molecule has 2 aromatic carbocycles. The molecule has 0 aliphatic carbocycles. The smallest absolute Gasteiger partial charge is 0.244 e. The molecule has 0 bridgehead atoms. The second-order valence-corrected chi connectivity index (χ2v) is 13.8. The van der Waals surface area contributed by atoms with Crippen LogP contribution in [0, 0.1) is 0 Å². The van der Waals surface area contributed by atoms with E-state index in [9.17, 15) is 22.8 Å². The molecule has 2 aliphatic rings. The predicted octanol–water partition coefficient (Wildman–Crippen LogP) is 2.70. The number of morpholine rings is 1. The Morgan fingerprint density at radius 2 is 1.78 bits per heavy atom. The molecular formula is C32H44ClN5O6S. The maximum absolute atomic E-state index is 14.5. The number of halogens is 1. The first kappa shape index (κ1) is 34.8. The number of benzene rings is 2. The number of nitrogens with one attached hydrogen (secondary N) is 2. The molecule has 0 aromatic heterocycles. The Kier molecular flexibility index (Phi) is 12.4. The second kappa shape index (κ2) is 16.0. The number of ether oxygens (including phenoxy) is 1. The number of hydrogen-bond donors (Lipinski definition) is 3. The molecule has 2 heterocycles. The lowest BCUT2D eigenvalue weighted by Crippen LogP contribution is -2.64. The van der Waals surface area contributed by atoms with Crippen LogP contribution in [0.1, 0.15) is 62.1 Å². The normalized spacial score (nSPS) is 18.7. The van der Waals surface area contributed by atoms with E-state index in [1.807, 2.05) is 6.07 Å². The Morgan fingerprint density at radius 1 is 1.04 bits per heavy atom. The first-order valence-corrected chi connectivity index (χ1v) is 17.6. The van der Waals surface area contributed by atoms with Crippen LogP contribution < -0.4 is 15.8 Å². The standard InChI is InChI=1S/C32H44ClN5O6S/c1-2-32(14-13-29(39)37-16-18-44-19-17-37,36-45(42,43)23-24-8-4-3-5-9-24)31(41)38-15-7-6-10-28(38)30(40)35-22-26-20-27(33)12-11-25(26)21-34/h3-5,8-9,11-12,20,28,36H,2,6-7,10,13-19,21-23,34H2,1H3,(H,35,40). The second-order valence-electron chi connectivity index (χ2n) is 11.6. The predicted molar refractivity (Wildman–Crippen MR) is 172 cm³/mol. The Hall–Kier alpha value is -3.03. The molecule has 2 aliphatic heterocycles. The molecule has 0 saturated carbocycles. The number of nitrogens with zero attached hydrogens (tertiary/aromatic N) is 2. The van der Waals surface area contributed by atoms with Crippen molar-refractivity contribution in [2.75, 3.05) is 32.8 Å². The quantitative estimate of drug-likeness (QED) is 0.299. The first-order valence-electron chi connectivity index (χ1n) is 15.5. The summed E-state index contributed by atoms with van der Waals surface area (Å²) in [6.07, 6.45) is 1.87. The van der Waals surface area contributed by atoms with E-state index >= 15 is 0 Å². The number of amides is 3. The molecule has 0 radical (unpaired) electrons.